The zero-order valence-corrected chi connectivity index (χ0v) is 11.7. The number of halogens is 1. The van der Waals surface area contributed by atoms with Crippen LogP contribution in [0.5, 0.6) is 0 Å². The van der Waals surface area contributed by atoms with Gasteiger partial charge in [0.1, 0.15) is 6.04 Å². The average molecular weight is 285 g/mol. The van der Waals surface area contributed by atoms with E-state index < -0.39 is 6.04 Å². The van der Waals surface area contributed by atoms with Crippen molar-refractivity contribution in [3.8, 4) is 6.07 Å². The van der Waals surface area contributed by atoms with Gasteiger partial charge in [0.2, 0.25) is 0 Å². The van der Waals surface area contributed by atoms with Crippen molar-refractivity contribution in [2.24, 2.45) is 0 Å². The van der Waals surface area contributed by atoms with Crippen molar-refractivity contribution >= 4 is 23.2 Å². The molecule has 1 atom stereocenters. The minimum atomic E-state index is -0.566. The maximum absolute atomic E-state index is 12.6. The van der Waals surface area contributed by atoms with Crippen molar-refractivity contribution in [2.75, 3.05) is 4.90 Å². The van der Waals surface area contributed by atoms with Gasteiger partial charge < -0.3 is 0 Å². The summed E-state index contributed by atoms with van der Waals surface area (Å²) in [5, 5.41) is 9.74. The van der Waals surface area contributed by atoms with E-state index in [0.29, 0.717) is 16.3 Å². The Hall–Kier alpha value is -2.31. The molecule has 0 saturated heterocycles. The largest absolute Gasteiger partial charge is 0.292 e. The first-order chi connectivity index (χ1) is 9.63. The fourth-order valence-electron chi connectivity index (χ4n) is 1.90. The standard InChI is InChI=1S/C16H13ClN2O/c1-12(11-18)19(15-9-7-14(17)8-10-15)16(20)13-5-3-2-4-6-13/h2-10,12H,1H3. The number of hydrogen-bond acceptors (Lipinski definition) is 2. The molecule has 0 N–H and O–H groups in total. The van der Waals surface area contributed by atoms with Crippen LogP contribution in [0.2, 0.25) is 5.02 Å². The summed E-state index contributed by atoms with van der Waals surface area (Å²) in [6.07, 6.45) is 0. The summed E-state index contributed by atoms with van der Waals surface area (Å²) in [5.74, 6) is -0.207. The molecule has 0 aliphatic heterocycles. The Bertz CT molecular complexity index is 632. The predicted molar refractivity (Wildman–Crippen MR) is 79.8 cm³/mol. The molecule has 0 spiro atoms. The van der Waals surface area contributed by atoms with E-state index in [1.807, 2.05) is 6.07 Å². The van der Waals surface area contributed by atoms with E-state index in [1.165, 1.54) is 4.90 Å². The van der Waals surface area contributed by atoms with Gasteiger partial charge in [-0.15, -0.1) is 0 Å². The van der Waals surface area contributed by atoms with Crippen LogP contribution in [-0.2, 0) is 0 Å². The predicted octanol–water partition coefficient (Wildman–Crippen LogP) is 3.90. The lowest BCUT2D eigenvalue weighted by Crippen LogP contribution is -2.37. The number of amides is 1. The van der Waals surface area contributed by atoms with Gasteiger partial charge in [-0.1, -0.05) is 29.8 Å². The van der Waals surface area contributed by atoms with E-state index in [4.69, 9.17) is 16.9 Å². The second kappa shape index (κ2) is 6.23. The SMILES string of the molecule is CC(C#N)N(C(=O)c1ccccc1)c1ccc(Cl)cc1. The monoisotopic (exact) mass is 284 g/mol. The molecule has 0 aromatic heterocycles. The first-order valence-corrected chi connectivity index (χ1v) is 6.55. The zero-order valence-electron chi connectivity index (χ0n) is 11.0. The molecule has 0 fully saturated rings. The van der Waals surface area contributed by atoms with Gasteiger partial charge in [-0.25, -0.2) is 0 Å². The molecule has 0 bridgehead atoms. The number of carbonyl (C=O) groups excluding carboxylic acids is 1. The van der Waals surface area contributed by atoms with Crippen molar-refractivity contribution in [3.63, 3.8) is 0 Å². The van der Waals surface area contributed by atoms with Crippen molar-refractivity contribution in [1.82, 2.24) is 0 Å². The lowest BCUT2D eigenvalue weighted by molar-refractivity contribution is 0.0983. The van der Waals surface area contributed by atoms with E-state index in [-0.39, 0.29) is 5.91 Å². The lowest BCUT2D eigenvalue weighted by atomic mass is 10.1. The highest BCUT2D eigenvalue weighted by Gasteiger charge is 2.22. The molecule has 2 rings (SSSR count). The molecule has 0 radical (unpaired) electrons. The second-order valence-electron chi connectivity index (χ2n) is 4.32. The topological polar surface area (TPSA) is 44.1 Å². The highest BCUT2D eigenvalue weighted by atomic mass is 35.5. The van der Waals surface area contributed by atoms with E-state index in [0.717, 1.165) is 0 Å². The molecule has 2 aromatic rings. The van der Waals surface area contributed by atoms with Gasteiger partial charge in [0.25, 0.3) is 5.91 Å². The summed E-state index contributed by atoms with van der Waals surface area (Å²) in [4.78, 5) is 14.0. The Morgan fingerprint density at radius 1 is 1.15 bits per heavy atom. The summed E-state index contributed by atoms with van der Waals surface area (Å²) >= 11 is 5.86. The molecule has 1 unspecified atom stereocenters. The smallest absolute Gasteiger partial charge is 0.259 e. The number of rotatable bonds is 3. The van der Waals surface area contributed by atoms with Gasteiger partial charge in [-0.05, 0) is 43.3 Å². The summed E-state index contributed by atoms with van der Waals surface area (Å²) < 4.78 is 0. The summed E-state index contributed by atoms with van der Waals surface area (Å²) in [5.41, 5.74) is 1.20. The maximum Gasteiger partial charge on any atom is 0.259 e. The summed E-state index contributed by atoms with van der Waals surface area (Å²) in [6.45, 7) is 1.69. The molecule has 2 aromatic carbocycles. The van der Waals surface area contributed by atoms with Crippen LogP contribution in [0, 0.1) is 11.3 Å². The van der Waals surface area contributed by atoms with Gasteiger partial charge in [-0.2, -0.15) is 5.26 Å². The Labute approximate surface area is 123 Å². The van der Waals surface area contributed by atoms with Crippen molar-refractivity contribution in [1.29, 1.82) is 5.26 Å². The van der Waals surface area contributed by atoms with Crippen LogP contribution in [0.15, 0.2) is 54.6 Å². The van der Waals surface area contributed by atoms with E-state index in [2.05, 4.69) is 6.07 Å². The Morgan fingerprint density at radius 2 is 1.75 bits per heavy atom. The average Bonchev–Trinajstić information content (AvgIpc) is 2.50. The molecule has 0 heterocycles. The highest BCUT2D eigenvalue weighted by Crippen LogP contribution is 2.22. The van der Waals surface area contributed by atoms with Gasteiger partial charge in [0, 0.05) is 16.3 Å². The number of carbonyl (C=O) groups is 1. The van der Waals surface area contributed by atoms with E-state index in [1.54, 1.807) is 55.5 Å². The Morgan fingerprint density at radius 3 is 2.30 bits per heavy atom. The molecular formula is C16H13ClN2O. The van der Waals surface area contributed by atoms with Crippen LogP contribution < -0.4 is 4.90 Å². The van der Waals surface area contributed by atoms with Gasteiger partial charge in [-0.3, -0.25) is 9.69 Å². The van der Waals surface area contributed by atoms with Crippen LogP contribution in [0.4, 0.5) is 5.69 Å². The molecule has 0 saturated carbocycles. The third kappa shape index (κ3) is 2.98. The van der Waals surface area contributed by atoms with Gasteiger partial charge in [0.05, 0.1) is 6.07 Å². The minimum absolute atomic E-state index is 0.207. The molecule has 0 aliphatic rings. The van der Waals surface area contributed by atoms with Crippen molar-refractivity contribution in [2.45, 2.75) is 13.0 Å². The fraction of sp³-hybridized carbons (Fsp3) is 0.125. The van der Waals surface area contributed by atoms with Crippen molar-refractivity contribution in [3.05, 3.63) is 65.2 Å². The van der Waals surface area contributed by atoms with Crippen LogP contribution in [0.25, 0.3) is 0 Å². The first kappa shape index (κ1) is 14.1. The quantitative estimate of drug-likeness (QED) is 0.858. The number of hydrogen-bond donors (Lipinski definition) is 0. The maximum atomic E-state index is 12.6. The molecule has 3 nitrogen and oxygen atoms in total. The van der Waals surface area contributed by atoms with Crippen LogP contribution in [0.1, 0.15) is 17.3 Å². The number of nitrogens with zero attached hydrogens (tertiary/aromatic N) is 2. The molecular weight excluding hydrogens is 272 g/mol. The second-order valence-corrected chi connectivity index (χ2v) is 4.76. The number of benzene rings is 2. The van der Waals surface area contributed by atoms with Crippen LogP contribution in [-0.4, -0.2) is 11.9 Å². The minimum Gasteiger partial charge on any atom is -0.292 e. The number of nitriles is 1. The summed E-state index contributed by atoms with van der Waals surface area (Å²) in [7, 11) is 0. The fourth-order valence-corrected chi connectivity index (χ4v) is 2.02. The summed E-state index contributed by atoms with van der Waals surface area (Å²) in [6, 6.07) is 17.3. The van der Waals surface area contributed by atoms with Gasteiger partial charge in [0.15, 0.2) is 0 Å². The van der Waals surface area contributed by atoms with E-state index in [9.17, 15) is 4.79 Å². The first-order valence-electron chi connectivity index (χ1n) is 6.17. The zero-order chi connectivity index (χ0) is 14.5. The Balaban J connectivity index is 2.41. The Kier molecular flexibility index (Phi) is 4.39. The number of anilines is 1. The van der Waals surface area contributed by atoms with E-state index >= 15 is 0 Å². The van der Waals surface area contributed by atoms with Crippen LogP contribution in [0.3, 0.4) is 0 Å². The third-order valence-electron chi connectivity index (χ3n) is 2.92. The van der Waals surface area contributed by atoms with Gasteiger partial charge >= 0.3 is 0 Å². The normalized spacial score (nSPS) is 11.4. The van der Waals surface area contributed by atoms with Crippen molar-refractivity contribution < 1.29 is 4.79 Å². The molecule has 100 valence electrons. The lowest BCUT2D eigenvalue weighted by Gasteiger charge is -2.25. The van der Waals surface area contributed by atoms with Crippen LogP contribution >= 0.6 is 11.6 Å². The molecule has 4 heteroatoms. The molecule has 1 amide bonds. The third-order valence-corrected chi connectivity index (χ3v) is 3.17. The molecule has 0 aliphatic carbocycles. The molecule has 20 heavy (non-hydrogen) atoms. The highest BCUT2D eigenvalue weighted by molar-refractivity contribution is 6.30.